The van der Waals surface area contributed by atoms with Gasteiger partial charge in [0.25, 0.3) is 0 Å². The monoisotopic (exact) mass is 554 g/mol. The Morgan fingerprint density at radius 3 is 2.13 bits per heavy atom. The maximum atomic E-state index is 6.63. The average molecular weight is 557 g/mol. The van der Waals surface area contributed by atoms with Crippen LogP contribution in [0.5, 0.6) is 5.75 Å². The van der Waals surface area contributed by atoms with Crippen molar-refractivity contribution < 1.29 is 58.7 Å². The van der Waals surface area contributed by atoms with Crippen LogP contribution in [0.2, 0.25) is 19.6 Å². The molecule has 0 heterocycles. The van der Waals surface area contributed by atoms with E-state index in [0.717, 1.165) is 22.4 Å². The van der Waals surface area contributed by atoms with Gasteiger partial charge in [-0.1, -0.05) is 0 Å². The molecule has 2 aromatic carbocycles. The molecule has 0 aliphatic heterocycles. The summed E-state index contributed by atoms with van der Waals surface area (Å²) >= 11 is 1.41. The Balaban J connectivity index is 0.00000240. The molecule has 0 atom stereocenters. The molecule has 3 nitrogen and oxygen atoms in total. The topological polar surface area (TPSA) is 30.5 Å². The summed E-state index contributed by atoms with van der Waals surface area (Å²) in [6.07, 6.45) is 0. The summed E-state index contributed by atoms with van der Waals surface area (Å²) < 4.78 is 14.0. The van der Waals surface area contributed by atoms with E-state index in [2.05, 4.69) is 83.0 Å². The van der Waals surface area contributed by atoms with Gasteiger partial charge in [-0.05, 0) is 0 Å². The third kappa shape index (κ3) is 6.19. The average Bonchev–Trinajstić information content (AvgIpc) is 2.85. The van der Waals surface area contributed by atoms with Crippen molar-refractivity contribution in [2.24, 2.45) is 0 Å². The molecular weight excluding hydrogens is 524 g/mol. The number of rotatable bonds is 5. The second kappa shape index (κ2) is 10.5. The predicted octanol–water partition coefficient (Wildman–Crippen LogP) is -1.41. The molecule has 3 rings (SSSR count). The Labute approximate surface area is 214 Å². The van der Waals surface area contributed by atoms with Crippen LogP contribution in [0.3, 0.4) is 0 Å². The van der Waals surface area contributed by atoms with E-state index >= 15 is 0 Å². The first-order valence-corrected chi connectivity index (χ1v) is 14.9. The number of halogens is 2. The van der Waals surface area contributed by atoms with Gasteiger partial charge < -0.3 is 24.8 Å². The Morgan fingerprint density at radius 2 is 1.61 bits per heavy atom. The molecule has 31 heavy (non-hydrogen) atoms. The second-order valence-corrected chi connectivity index (χ2v) is 15.2. The minimum Gasteiger partial charge on any atom is -1.00 e. The van der Waals surface area contributed by atoms with Crippen LogP contribution >= 0.6 is 0 Å². The number of fused-ring (bicyclic) bond motifs is 2. The van der Waals surface area contributed by atoms with E-state index in [-0.39, 0.29) is 30.4 Å². The smallest absolute Gasteiger partial charge is 1.00 e. The van der Waals surface area contributed by atoms with Crippen molar-refractivity contribution in [2.75, 3.05) is 11.9 Å². The van der Waals surface area contributed by atoms with Gasteiger partial charge in [-0.3, -0.25) is 0 Å². The van der Waals surface area contributed by atoms with Gasteiger partial charge in [0, 0.05) is 0 Å². The van der Waals surface area contributed by atoms with Crippen molar-refractivity contribution in [1.82, 2.24) is 0 Å². The van der Waals surface area contributed by atoms with Gasteiger partial charge in [0.2, 0.25) is 0 Å². The van der Waals surface area contributed by atoms with E-state index in [1.54, 1.807) is 0 Å². The van der Waals surface area contributed by atoms with Crippen LogP contribution in [-0.2, 0) is 29.5 Å². The fourth-order valence-corrected chi connectivity index (χ4v) is 5.74. The first-order valence-electron chi connectivity index (χ1n) is 10.3. The van der Waals surface area contributed by atoms with Crippen molar-refractivity contribution in [2.45, 2.75) is 59.8 Å². The maximum Gasteiger partial charge on any atom is -1.00 e. The number of hydrogen-bond donors (Lipinski definition) is 1. The fourth-order valence-electron chi connectivity index (χ4n) is 3.75. The van der Waals surface area contributed by atoms with Gasteiger partial charge in [-0.15, -0.1) is 0 Å². The van der Waals surface area contributed by atoms with E-state index in [1.165, 1.54) is 49.2 Å². The molecule has 1 aliphatic rings. The van der Waals surface area contributed by atoms with E-state index in [0.29, 0.717) is 6.61 Å². The molecule has 0 bridgehead atoms. The minimum absolute atomic E-state index is 0. The molecule has 0 saturated heterocycles. The minimum atomic E-state index is -1.82. The third-order valence-electron chi connectivity index (χ3n) is 4.66. The number of ether oxygens (including phenoxy) is 1. The van der Waals surface area contributed by atoms with Crippen LogP contribution < -0.4 is 45.0 Å². The summed E-state index contributed by atoms with van der Waals surface area (Å²) in [6, 6.07) is 11.0. The number of anilines is 1. The van der Waals surface area contributed by atoms with E-state index < -0.39 is 8.32 Å². The van der Waals surface area contributed by atoms with Crippen molar-refractivity contribution >= 4 is 23.0 Å². The summed E-state index contributed by atoms with van der Waals surface area (Å²) in [7, 11) is -1.82. The second-order valence-electron chi connectivity index (χ2n) is 9.55. The van der Waals surface area contributed by atoms with Gasteiger partial charge in [0.1, 0.15) is 0 Å². The SMILES string of the molecule is CCOC(C)=c1c(O[Si](C)(C)C)cc2c(c1NC(C)(C)C)[C]([Zr+2])=c1ccccc1=2.[Cl-].[Cl-]. The van der Waals surface area contributed by atoms with Gasteiger partial charge in [0.15, 0.2) is 0 Å². The summed E-state index contributed by atoms with van der Waals surface area (Å²) in [5.41, 5.74) is 2.35. The molecule has 0 unspecified atom stereocenters. The molecule has 1 aliphatic carbocycles. The third-order valence-corrected chi connectivity index (χ3v) is 6.77. The zero-order valence-corrected chi connectivity index (χ0v) is 24.6. The molecule has 0 amide bonds. The molecule has 167 valence electrons. The first kappa shape index (κ1) is 28.3. The molecule has 2 aromatic rings. The van der Waals surface area contributed by atoms with Crippen molar-refractivity contribution in [3.63, 3.8) is 0 Å². The quantitative estimate of drug-likeness (QED) is 0.460. The van der Waals surface area contributed by atoms with E-state index in [1.807, 2.05) is 6.92 Å². The number of hydrogen-bond acceptors (Lipinski definition) is 3. The molecule has 0 spiro atoms. The van der Waals surface area contributed by atoms with Crippen LogP contribution in [0.25, 0.3) is 9.04 Å². The molecule has 0 aromatic heterocycles. The summed E-state index contributed by atoms with van der Waals surface area (Å²) in [5.74, 6) is 1.84. The number of nitrogens with one attached hydrogen (secondary N) is 1. The summed E-state index contributed by atoms with van der Waals surface area (Å²) in [6.45, 7) is 18.0. The van der Waals surface area contributed by atoms with Crippen LogP contribution in [-0.4, -0.2) is 20.5 Å². The molecule has 1 N–H and O–H groups in total. The normalized spacial score (nSPS) is 13.4. The zero-order chi connectivity index (χ0) is 21.6. The van der Waals surface area contributed by atoms with Crippen LogP contribution in [0.1, 0.15) is 40.2 Å². The molecule has 7 heteroatoms. The van der Waals surface area contributed by atoms with Gasteiger partial charge in [0.05, 0.1) is 0 Å². The van der Waals surface area contributed by atoms with Crippen molar-refractivity contribution in [3.05, 3.63) is 56.8 Å². The van der Waals surface area contributed by atoms with E-state index in [9.17, 15) is 0 Å². The summed E-state index contributed by atoms with van der Waals surface area (Å²) in [4.78, 5) is 0. The first-order chi connectivity index (χ1) is 13.4. The number of benzene rings is 2. The van der Waals surface area contributed by atoms with Gasteiger partial charge in [-0.25, -0.2) is 0 Å². The van der Waals surface area contributed by atoms with Crippen LogP contribution in [0.15, 0.2) is 30.3 Å². The standard InChI is InChI=1S/C24H32NO2Si.2ClH.Zr/c1-9-26-16(2)22-21(27-28(6,7)8)15-19-18-13-11-10-12-17(18)14-20(19)23(22)25-24(3,4)5;;;/h10-13,15,25H,9H2,1-8H3;2*1H;/q;;;+2/p-2. The molecular formula is C24H32Cl2NO2SiZr. The van der Waals surface area contributed by atoms with Crippen molar-refractivity contribution in [3.8, 4) is 5.75 Å². The predicted molar refractivity (Wildman–Crippen MR) is 120 cm³/mol. The fraction of sp³-hybridized carbons (Fsp3) is 0.417. The maximum absolute atomic E-state index is 6.63. The summed E-state index contributed by atoms with van der Waals surface area (Å²) in [5, 5.41) is 8.77. The molecule has 0 saturated carbocycles. The van der Waals surface area contributed by atoms with Crippen LogP contribution in [0.4, 0.5) is 5.69 Å². The Morgan fingerprint density at radius 1 is 1.03 bits per heavy atom. The zero-order valence-electron chi connectivity index (χ0n) is 19.7. The van der Waals surface area contributed by atoms with Gasteiger partial charge in [-0.2, -0.15) is 0 Å². The Kier molecular flexibility index (Phi) is 9.55. The molecule has 0 fully saturated rings. The molecule has 0 radical (unpaired) electrons. The van der Waals surface area contributed by atoms with E-state index in [4.69, 9.17) is 9.16 Å². The van der Waals surface area contributed by atoms with Crippen LogP contribution in [0, 0.1) is 10.4 Å². The Bertz CT molecular complexity index is 1170. The van der Waals surface area contributed by atoms with Crippen molar-refractivity contribution in [1.29, 1.82) is 0 Å². The van der Waals surface area contributed by atoms with Gasteiger partial charge >= 0.3 is 191 Å². The Hall–Kier alpha value is -0.740. The largest absolute Gasteiger partial charge is 1.00 e.